The van der Waals surface area contributed by atoms with Gasteiger partial charge in [-0.15, -0.1) is 0 Å². The van der Waals surface area contributed by atoms with Crippen molar-refractivity contribution in [3.05, 3.63) is 120 Å². The molecule has 0 N–H and O–H groups in total. The van der Waals surface area contributed by atoms with Gasteiger partial charge in [-0.2, -0.15) is 0 Å². The average molecular weight is 392 g/mol. The van der Waals surface area contributed by atoms with Gasteiger partial charge in [-0.1, -0.05) is 109 Å². The molecule has 148 valence electrons. The van der Waals surface area contributed by atoms with Crippen LogP contribution in [0.3, 0.4) is 0 Å². The van der Waals surface area contributed by atoms with Crippen LogP contribution >= 0.6 is 0 Å². The Morgan fingerprint density at radius 1 is 0.633 bits per heavy atom. The van der Waals surface area contributed by atoms with Crippen molar-refractivity contribution in [2.24, 2.45) is 0 Å². The molecule has 0 aliphatic rings. The van der Waals surface area contributed by atoms with Gasteiger partial charge in [0.05, 0.1) is 0 Å². The van der Waals surface area contributed by atoms with Gasteiger partial charge in [0.2, 0.25) is 0 Å². The van der Waals surface area contributed by atoms with Crippen molar-refractivity contribution < 1.29 is 9.53 Å². The molecule has 0 aliphatic heterocycles. The highest BCUT2D eigenvalue weighted by Crippen LogP contribution is 2.27. The lowest BCUT2D eigenvalue weighted by Gasteiger charge is -2.16. The summed E-state index contributed by atoms with van der Waals surface area (Å²) in [5, 5.41) is 0. The third-order valence-electron chi connectivity index (χ3n) is 5.35. The van der Waals surface area contributed by atoms with Crippen LogP contribution in [0.4, 0.5) is 0 Å². The molecule has 2 nitrogen and oxygen atoms in total. The normalized spacial score (nSPS) is 11.8. The van der Waals surface area contributed by atoms with Crippen LogP contribution in [-0.2, 0) is 4.74 Å². The van der Waals surface area contributed by atoms with Crippen LogP contribution in [0.2, 0.25) is 0 Å². The summed E-state index contributed by atoms with van der Waals surface area (Å²) >= 11 is 0. The van der Waals surface area contributed by atoms with E-state index in [9.17, 15) is 4.79 Å². The monoisotopic (exact) mass is 392 g/mol. The Hall–Kier alpha value is -3.49. The SMILES string of the molecule is COC(C(=O)c1ccc(-c2ccccc2)cc1)c1ccc(-c2ccc(C)cc2)cc1. The van der Waals surface area contributed by atoms with E-state index in [1.54, 1.807) is 7.11 Å². The number of Topliss-reactive ketones (excluding diaryl/α,β-unsaturated/α-hetero) is 1. The summed E-state index contributed by atoms with van der Waals surface area (Å²) in [6.45, 7) is 2.08. The molecular weight excluding hydrogens is 368 g/mol. The summed E-state index contributed by atoms with van der Waals surface area (Å²) in [5.41, 5.74) is 7.22. The molecule has 4 aromatic carbocycles. The zero-order chi connectivity index (χ0) is 20.9. The molecule has 4 rings (SSSR count). The lowest BCUT2D eigenvalue weighted by Crippen LogP contribution is -2.14. The second-order valence-electron chi connectivity index (χ2n) is 7.41. The number of ketones is 1. The highest BCUT2D eigenvalue weighted by Gasteiger charge is 2.21. The third-order valence-corrected chi connectivity index (χ3v) is 5.35. The van der Waals surface area contributed by atoms with Crippen molar-refractivity contribution >= 4 is 5.78 Å². The van der Waals surface area contributed by atoms with Crippen molar-refractivity contribution in [2.45, 2.75) is 13.0 Å². The number of rotatable bonds is 6. The molecule has 30 heavy (non-hydrogen) atoms. The van der Waals surface area contributed by atoms with Crippen molar-refractivity contribution in [3.63, 3.8) is 0 Å². The van der Waals surface area contributed by atoms with Gasteiger partial charge in [0.25, 0.3) is 0 Å². The molecule has 0 fully saturated rings. The van der Waals surface area contributed by atoms with E-state index >= 15 is 0 Å². The number of hydrogen-bond donors (Lipinski definition) is 0. The first kappa shape index (κ1) is 19.8. The van der Waals surface area contributed by atoms with Crippen LogP contribution in [0.5, 0.6) is 0 Å². The number of benzene rings is 4. The molecule has 0 aromatic heterocycles. The largest absolute Gasteiger partial charge is 0.369 e. The standard InChI is InChI=1S/C28H24O2/c1-20-8-10-22(11-9-20)24-14-18-26(19-15-24)28(30-2)27(29)25-16-12-23(13-17-25)21-6-4-3-5-7-21/h3-19,28H,1-2H3. The first-order valence-electron chi connectivity index (χ1n) is 10.1. The fourth-order valence-corrected chi connectivity index (χ4v) is 3.60. The summed E-state index contributed by atoms with van der Waals surface area (Å²) in [5.74, 6) is -0.0415. The number of methoxy groups -OCH3 is 1. The quantitative estimate of drug-likeness (QED) is 0.334. The van der Waals surface area contributed by atoms with Gasteiger partial charge in [0.1, 0.15) is 6.10 Å². The number of carbonyl (C=O) groups excluding carboxylic acids is 1. The molecule has 0 bridgehead atoms. The van der Waals surface area contributed by atoms with E-state index in [4.69, 9.17) is 4.74 Å². The molecule has 0 radical (unpaired) electrons. The summed E-state index contributed by atoms with van der Waals surface area (Å²) in [7, 11) is 1.58. The van der Waals surface area contributed by atoms with Gasteiger partial charge in [-0.05, 0) is 34.7 Å². The van der Waals surface area contributed by atoms with E-state index in [0.717, 1.165) is 27.8 Å². The summed E-state index contributed by atoms with van der Waals surface area (Å²) < 4.78 is 5.58. The van der Waals surface area contributed by atoms with E-state index in [1.807, 2.05) is 66.7 Å². The van der Waals surface area contributed by atoms with E-state index < -0.39 is 6.10 Å². The van der Waals surface area contributed by atoms with Gasteiger partial charge in [-0.3, -0.25) is 4.79 Å². The Morgan fingerprint density at radius 3 is 1.63 bits per heavy atom. The van der Waals surface area contributed by atoms with E-state index in [1.165, 1.54) is 5.56 Å². The van der Waals surface area contributed by atoms with Crippen LogP contribution < -0.4 is 0 Å². The second kappa shape index (κ2) is 8.89. The lowest BCUT2D eigenvalue weighted by molar-refractivity contribution is 0.0604. The van der Waals surface area contributed by atoms with Gasteiger partial charge < -0.3 is 4.74 Å². The first-order chi connectivity index (χ1) is 14.7. The van der Waals surface area contributed by atoms with Gasteiger partial charge >= 0.3 is 0 Å². The zero-order valence-corrected chi connectivity index (χ0v) is 17.2. The molecule has 1 atom stereocenters. The molecule has 4 aromatic rings. The van der Waals surface area contributed by atoms with Crippen LogP contribution in [-0.4, -0.2) is 12.9 Å². The summed E-state index contributed by atoms with van der Waals surface area (Å²) in [6, 6.07) is 34.3. The Balaban J connectivity index is 1.54. The fraction of sp³-hybridized carbons (Fsp3) is 0.107. The Bertz CT molecular complexity index is 1110. The Morgan fingerprint density at radius 2 is 1.10 bits per heavy atom. The predicted molar refractivity (Wildman–Crippen MR) is 123 cm³/mol. The van der Waals surface area contributed by atoms with Gasteiger partial charge in [-0.25, -0.2) is 0 Å². The smallest absolute Gasteiger partial charge is 0.196 e. The van der Waals surface area contributed by atoms with Crippen molar-refractivity contribution in [3.8, 4) is 22.3 Å². The minimum Gasteiger partial charge on any atom is -0.369 e. The highest BCUT2D eigenvalue weighted by atomic mass is 16.5. The molecule has 0 aliphatic carbocycles. The topological polar surface area (TPSA) is 26.3 Å². The maximum Gasteiger partial charge on any atom is 0.196 e. The van der Waals surface area contributed by atoms with Crippen molar-refractivity contribution in [2.75, 3.05) is 7.11 Å². The van der Waals surface area contributed by atoms with Crippen molar-refractivity contribution in [1.82, 2.24) is 0 Å². The van der Waals surface area contributed by atoms with Gasteiger partial charge in [0.15, 0.2) is 5.78 Å². The van der Waals surface area contributed by atoms with E-state index in [0.29, 0.717) is 5.56 Å². The molecule has 1 unspecified atom stereocenters. The van der Waals surface area contributed by atoms with E-state index in [2.05, 4.69) is 43.3 Å². The zero-order valence-electron chi connectivity index (χ0n) is 17.2. The first-order valence-corrected chi connectivity index (χ1v) is 10.1. The highest BCUT2D eigenvalue weighted by molar-refractivity contribution is 6.00. The molecule has 0 saturated carbocycles. The maximum absolute atomic E-state index is 13.1. The molecular formula is C28H24O2. The fourth-order valence-electron chi connectivity index (χ4n) is 3.60. The minimum absolute atomic E-state index is 0.0415. The minimum atomic E-state index is -0.625. The van der Waals surface area contributed by atoms with Crippen LogP contribution in [0.15, 0.2) is 103 Å². The number of carbonyl (C=O) groups is 1. The molecule has 0 spiro atoms. The lowest BCUT2D eigenvalue weighted by atomic mass is 9.95. The summed E-state index contributed by atoms with van der Waals surface area (Å²) in [4.78, 5) is 13.1. The van der Waals surface area contributed by atoms with E-state index in [-0.39, 0.29) is 5.78 Å². The predicted octanol–water partition coefficient (Wildman–Crippen LogP) is 6.90. The number of aryl methyl sites for hydroxylation is 1. The molecule has 2 heteroatoms. The second-order valence-corrected chi connectivity index (χ2v) is 7.41. The van der Waals surface area contributed by atoms with Crippen LogP contribution in [0.25, 0.3) is 22.3 Å². The molecule has 0 heterocycles. The molecule has 0 saturated heterocycles. The Labute approximate surface area is 177 Å². The van der Waals surface area contributed by atoms with Crippen LogP contribution in [0.1, 0.15) is 27.6 Å². The maximum atomic E-state index is 13.1. The van der Waals surface area contributed by atoms with Crippen LogP contribution in [0, 0.1) is 6.92 Å². The van der Waals surface area contributed by atoms with Crippen molar-refractivity contribution in [1.29, 1.82) is 0 Å². The molecule has 0 amide bonds. The average Bonchev–Trinajstić information content (AvgIpc) is 2.81. The third kappa shape index (κ3) is 4.24. The Kier molecular flexibility index (Phi) is 5.87. The summed E-state index contributed by atoms with van der Waals surface area (Å²) in [6.07, 6.45) is -0.625. The number of ether oxygens (including phenoxy) is 1. The van der Waals surface area contributed by atoms with Gasteiger partial charge in [0, 0.05) is 12.7 Å². The number of hydrogen-bond acceptors (Lipinski definition) is 2.